The third-order valence-corrected chi connectivity index (χ3v) is 3.00. The van der Waals surface area contributed by atoms with Gasteiger partial charge in [0.05, 0.1) is 6.54 Å². The average molecular weight is 268 g/mol. The van der Waals surface area contributed by atoms with Crippen molar-refractivity contribution in [1.82, 2.24) is 9.80 Å². The number of hydrogen-bond donors (Lipinski definition) is 1. The van der Waals surface area contributed by atoms with E-state index in [4.69, 9.17) is 5.11 Å². The van der Waals surface area contributed by atoms with Crippen LogP contribution in [0, 0.1) is 0 Å². The number of likely N-dealkylation sites (N-methyl/N-ethyl adjacent to an activating group) is 1. The number of carboxylic acid groups (broad SMARTS) is 1. The lowest BCUT2D eigenvalue weighted by molar-refractivity contribution is -0.186. The molecule has 1 saturated heterocycles. The second-order valence-electron chi connectivity index (χ2n) is 4.33. The molecule has 0 aromatic rings. The van der Waals surface area contributed by atoms with E-state index in [0.717, 1.165) is 4.90 Å². The molecule has 1 amide bonds. The maximum Gasteiger partial charge on any atom is 0.471 e. The van der Waals surface area contributed by atoms with Crippen LogP contribution in [0.5, 0.6) is 0 Å². The fraction of sp³-hybridized carbons (Fsp3) is 0.800. The number of carbonyl (C=O) groups excluding carboxylic acids is 1. The van der Waals surface area contributed by atoms with Gasteiger partial charge in [-0.1, -0.05) is 0 Å². The van der Waals surface area contributed by atoms with Gasteiger partial charge in [0.2, 0.25) is 0 Å². The summed E-state index contributed by atoms with van der Waals surface area (Å²) in [5, 5.41) is 8.61. The summed E-state index contributed by atoms with van der Waals surface area (Å²) in [7, 11) is 1.61. The molecule has 0 atom stereocenters. The third-order valence-electron chi connectivity index (χ3n) is 3.00. The summed E-state index contributed by atoms with van der Waals surface area (Å²) in [4.78, 5) is 23.8. The minimum atomic E-state index is -4.83. The van der Waals surface area contributed by atoms with Crippen LogP contribution in [0.15, 0.2) is 0 Å². The lowest BCUT2D eigenvalue weighted by Gasteiger charge is -2.36. The number of nitrogens with zero attached hydrogens (tertiary/aromatic N) is 2. The molecular weight excluding hydrogens is 253 g/mol. The molecule has 1 heterocycles. The zero-order valence-electron chi connectivity index (χ0n) is 9.90. The molecule has 1 N–H and O–H groups in total. The molecule has 1 fully saturated rings. The molecule has 0 radical (unpaired) electrons. The van der Waals surface area contributed by atoms with Crippen molar-refractivity contribution >= 4 is 11.9 Å². The number of amides is 1. The van der Waals surface area contributed by atoms with Crippen molar-refractivity contribution in [3.63, 3.8) is 0 Å². The first kappa shape index (κ1) is 14.7. The number of halogens is 3. The topological polar surface area (TPSA) is 60.9 Å². The number of carbonyl (C=O) groups is 2. The van der Waals surface area contributed by atoms with Gasteiger partial charge in [0.25, 0.3) is 0 Å². The number of alkyl halides is 3. The molecule has 0 unspecified atom stereocenters. The molecule has 0 bridgehead atoms. The third kappa shape index (κ3) is 3.86. The summed E-state index contributed by atoms with van der Waals surface area (Å²) in [6.45, 7) is -0.141. The highest BCUT2D eigenvalue weighted by atomic mass is 19.4. The Labute approximate surface area is 102 Å². The van der Waals surface area contributed by atoms with Crippen LogP contribution in [0.25, 0.3) is 0 Å². The van der Waals surface area contributed by atoms with E-state index in [2.05, 4.69) is 0 Å². The molecule has 0 aromatic heterocycles. The van der Waals surface area contributed by atoms with Crippen LogP contribution >= 0.6 is 0 Å². The predicted octanol–water partition coefficient (Wildman–Crippen LogP) is 0.556. The first-order valence-electron chi connectivity index (χ1n) is 5.50. The molecule has 0 aromatic carbocycles. The van der Waals surface area contributed by atoms with E-state index in [1.165, 1.54) is 0 Å². The molecule has 1 aliphatic rings. The van der Waals surface area contributed by atoms with Crippen LogP contribution in [0.2, 0.25) is 0 Å². The monoisotopic (exact) mass is 268 g/mol. The van der Waals surface area contributed by atoms with Gasteiger partial charge in [0.1, 0.15) is 0 Å². The first-order valence-corrected chi connectivity index (χ1v) is 5.50. The smallest absolute Gasteiger partial charge is 0.471 e. The Morgan fingerprint density at radius 1 is 1.33 bits per heavy atom. The van der Waals surface area contributed by atoms with Crippen LogP contribution in [-0.2, 0) is 9.59 Å². The molecule has 8 heteroatoms. The summed E-state index contributed by atoms with van der Waals surface area (Å²) in [6.07, 6.45) is -4.13. The lowest BCUT2D eigenvalue weighted by atomic mass is 10.0. The van der Waals surface area contributed by atoms with Gasteiger partial charge in [-0.25, -0.2) is 0 Å². The van der Waals surface area contributed by atoms with E-state index >= 15 is 0 Å². The summed E-state index contributed by atoms with van der Waals surface area (Å²) < 4.78 is 36.5. The SMILES string of the molecule is CN(CC(=O)O)C1CCN(C(=O)C(F)(F)F)CC1. The molecule has 0 aliphatic carbocycles. The fourth-order valence-electron chi connectivity index (χ4n) is 2.03. The van der Waals surface area contributed by atoms with E-state index in [9.17, 15) is 22.8 Å². The normalized spacial score (nSPS) is 18.2. The highest BCUT2D eigenvalue weighted by molar-refractivity contribution is 5.81. The van der Waals surface area contributed by atoms with E-state index in [1.54, 1.807) is 11.9 Å². The average Bonchev–Trinajstić information content (AvgIpc) is 2.26. The Hall–Kier alpha value is -1.31. The number of rotatable bonds is 3. The first-order chi connectivity index (χ1) is 8.21. The van der Waals surface area contributed by atoms with Crippen LogP contribution < -0.4 is 0 Å². The molecule has 0 spiro atoms. The molecule has 18 heavy (non-hydrogen) atoms. The zero-order chi connectivity index (χ0) is 13.9. The van der Waals surface area contributed by atoms with Crippen molar-refractivity contribution < 1.29 is 27.9 Å². The van der Waals surface area contributed by atoms with Gasteiger partial charge in [-0.2, -0.15) is 13.2 Å². The van der Waals surface area contributed by atoms with Crippen LogP contribution in [0.1, 0.15) is 12.8 Å². The highest BCUT2D eigenvalue weighted by Crippen LogP contribution is 2.22. The quantitative estimate of drug-likeness (QED) is 0.812. The number of piperidine rings is 1. The highest BCUT2D eigenvalue weighted by Gasteiger charge is 2.43. The Balaban J connectivity index is 2.46. The maximum absolute atomic E-state index is 12.2. The predicted molar refractivity (Wildman–Crippen MR) is 55.9 cm³/mol. The van der Waals surface area contributed by atoms with Gasteiger partial charge in [0.15, 0.2) is 0 Å². The molecule has 0 saturated carbocycles. The van der Waals surface area contributed by atoms with Crippen molar-refractivity contribution in [1.29, 1.82) is 0 Å². The minimum Gasteiger partial charge on any atom is -0.480 e. The van der Waals surface area contributed by atoms with Crippen molar-refractivity contribution in [2.45, 2.75) is 25.1 Å². The van der Waals surface area contributed by atoms with Gasteiger partial charge in [0, 0.05) is 19.1 Å². The van der Waals surface area contributed by atoms with Crippen molar-refractivity contribution in [3.05, 3.63) is 0 Å². The Bertz CT molecular complexity index is 325. The van der Waals surface area contributed by atoms with E-state index in [0.29, 0.717) is 12.8 Å². The van der Waals surface area contributed by atoms with Crippen LogP contribution in [-0.4, -0.2) is 65.7 Å². The minimum absolute atomic E-state index is 0.00691. The second kappa shape index (κ2) is 5.55. The summed E-state index contributed by atoms with van der Waals surface area (Å²) >= 11 is 0. The van der Waals surface area contributed by atoms with Gasteiger partial charge < -0.3 is 10.0 Å². The molecule has 1 aliphatic heterocycles. The van der Waals surface area contributed by atoms with E-state index in [1.807, 2.05) is 0 Å². The van der Waals surface area contributed by atoms with Crippen molar-refractivity contribution in [3.8, 4) is 0 Å². The Kier molecular flexibility index (Phi) is 4.55. The molecule has 1 rings (SSSR count). The molecule has 5 nitrogen and oxygen atoms in total. The lowest BCUT2D eigenvalue weighted by Crippen LogP contribution is -2.50. The summed E-state index contributed by atoms with van der Waals surface area (Å²) in [6, 6.07) is -0.0987. The van der Waals surface area contributed by atoms with Crippen molar-refractivity contribution in [2.24, 2.45) is 0 Å². The van der Waals surface area contributed by atoms with Crippen molar-refractivity contribution in [2.75, 3.05) is 26.7 Å². The number of aliphatic carboxylic acids is 1. The largest absolute Gasteiger partial charge is 0.480 e. The molecular formula is C10H15F3N2O3. The Morgan fingerprint density at radius 2 is 1.83 bits per heavy atom. The van der Waals surface area contributed by atoms with E-state index < -0.39 is 18.1 Å². The number of hydrogen-bond acceptors (Lipinski definition) is 3. The zero-order valence-corrected chi connectivity index (χ0v) is 9.90. The van der Waals surface area contributed by atoms with Crippen LogP contribution in [0.3, 0.4) is 0 Å². The maximum atomic E-state index is 12.2. The van der Waals surface area contributed by atoms with Gasteiger partial charge in [-0.3, -0.25) is 14.5 Å². The molecule has 104 valence electrons. The van der Waals surface area contributed by atoms with Gasteiger partial charge in [-0.05, 0) is 19.9 Å². The van der Waals surface area contributed by atoms with Crippen LogP contribution in [0.4, 0.5) is 13.2 Å². The number of likely N-dealkylation sites (tertiary alicyclic amines) is 1. The second-order valence-corrected chi connectivity index (χ2v) is 4.33. The standard InChI is InChI=1S/C10H15F3N2O3/c1-14(6-8(16)17)7-2-4-15(5-3-7)9(18)10(11,12)13/h7H,2-6H2,1H3,(H,16,17). The van der Waals surface area contributed by atoms with E-state index in [-0.39, 0.29) is 25.7 Å². The van der Waals surface area contributed by atoms with Gasteiger partial charge in [-0.15, -0.1) is 0 Å². The summed E-state index contributed by atoms with van der Waals surface area (Å²) in [5.41, 5.74) is 0. The Morgan fingerprint density at radius 3 is 2.22 bits per heavy atom. The van der Waals surface area contributed by atoms with Gasteiger partial charge >= 0.3 is 18.1 Å². The summed E-state index contributed by atoms with van der Waals surface area (Å²) in [5.74, 6) is -2.80. The fourth-order valence-corrected chi connectivity index (χ4v) is 2.03. The number of carboxylic acids is 1.